The molecule has 0 saturated heterocycles. The molecule has 2 N–H and O–H groups in total. The molecule has 1 aromatic rings. The monoisotopic (exact) mass is 394 g/mol. The molecule has 0 fully saturated rings. The third-order valence-corrected chi connectivity index (χ3v) is 5.80. The van der Waals surface area contributed by atoms with Crippen molar-refractivity contribution in [3.05, 3.63) is 23.8 Å². The number of halogens is 1. The van der Waals surface area contributed by atoms with Crippen molar-refractivity contribution in [3.8, 4) is 5.75 Å². The summed E-state index contributed by atoms with van der Waals surface area (Å²) in [5.74, 6) is -0.193. The molecule has 0 aliphatic rings. The smallest absolute Gasteiger partial charge is 0.337 e. The number of hydrogen-bond acceptors (Lipinski definition) is 6. The first-order chi connectivity index (χ1) is 11.1. The Morgan fingerprint density at radius 1 is 1.28 bits per heavy atom. The van der Waals surface area contributed by atoms with Crippen LogP contribution >= 0.6 is 12.4 Å². The zero-order valence-electron chi connectivity index (χ0n) is 15.2. The largest absolute Gasteiger partial charge is 0.495 e. The first-order valence-electron chi connectivity index (χ1n) is 7.63. The molecule has 9 heteroatoms. The van der Waals surface area contributed by atoms with Crippen LogP contribution < -0.4 is 10.5 Å². The summed E-state index contributed by atoms with van der Waals surface area (Å²) in [5, 5.41) is 0. The molecule has 0 spiro atoms. The third-order valence-electron chi connectivity index (χ3n) is 3.91. The van der Waals surface area contributed by atoms with Crippen LogP contribution in [-0.2, 0) is 14.8 Å². The molecule has 0 bridgehead atoms. The second kappa shape index (κ2) is 9.96. The number of nitrogens with two attached hydrogens (primary N) is 1. The molecular weight excluding hydrogens is 368 g/mol. The zero-order chi connectivity index (χ0) is 18.5. The number of ether oxygens (including phenoxy) is 2. The van der Waals surface area contributed by atoms with Crippen LogP contribution in [0.4, 0.5) is 0 Å². The number of carbonyl (C=O) groups is 1. The van der Waals surface area contributed by atoms with E-state index in [1.165, 1.54) is 43.8 Å². The van der Waals surface area contributed by atoms with Crippen molar-refractivity contribution in [2.24, 2.45) is 11.7 Å². The van der Waals surface area contributed by atoms with E-state index in [9.17, 15) is 13.2 Å². The van der Waals surface area contributed by atoms with Crippen molar-refractivity contribution in [2.75, 3.05) is 27.8 Å². The van der Waals surface area contributed by atoms with Gasteiger partial charge in [0.2, 0.25) is 10.0 Å². The molecule has 1 aromatic carbocycles. The predicted octanol–water partition coefficient (Wildman–Crippen LogP) is 1.90. The molecular formula is C16H27ClN2O5S. The number of benzene rings is 1. The van der Waals surface area contributed by atoms with E-state index in [0.29, 0.717) is 13.0 Å². The van der Waals surface area contributed by atoms with Crippen LogP contribution in [0.1, 0.15) is 30.6 Å². The Balaban J connectivity index is 0.00000576. The van der Waals surface area contributed by atoms with Crippen LogP contribution in [0.25, 0.3) is 0 Å². The number of carbonyl (C=O) groups excluding carboxylic acids is 1. The number of sulfonamides is 1. The lowest BCUT2D eigenvalue weighted by Crippen LogP contribution is -2.34. The maximum absolute atomic E-state index is 12.7. The molecule has 1 rings (SSSR count). The van der Waals surface area contributed by atoms with Crippen molar-refractivity contribution < 1.29 is 22.7 Å². The maximum Gasteiger partial charge on any atom is 0.337 e. The van der Waals surface area contributed by atoms with Crippen LogP contribution in [0.5, 0.6) is 5.75 Å². The Morgan fingerprint density at radius 3 is 2.36 bits per heavy atom. The van der Waals surface area contributed by atoms with E-state index in [-0.39, 0.29) is 40.6 Å². The molecule has 7 nitrogen and oxygen atoms in total. The summed E-state index contributed by atoms with van der Waals surface area (Å²) in [6.07, 6.45) is 0.552. The van der Waals surface area contributed by atoms with Gasteiger partial charge in [-0.2, -0.15) is 0 Å². The Bertz CT molecular complexity index is 679. The first kappa shape index (κ1) is 23.6. The molecule has 1 atom stereocenters. The second-order valence-corrected chi connectivity index (χ2v) is 7.89. The molecule has 0 amide bonds. The Labute approximate surface area is 155 Å². The highest BCUT2D eigenvalue weighted by Crippen LogP contribution is 2.28. The molecule has 0 radical (unpaired) electrons. The molecule has 25 heavy (non-hydrogen) atoms. The first-order valence-corrected chi connectivity index (χ1v) is 9.07. The Kier molecular flexibility index (Phi) is 9.42. The number of esters is 1. The van der Waals surface area contributed by atoms with Gasteiger partial charge in [0.25, 0.3) is 0 Å². The van der Waals surface area contributed by atoms with Gasteiger partial charge in [0.1, 0.15) is 10.6 Å². The Morgan fingerprint density at radius 2 is 1.88 bits per heavy atom. The van der Waals surface area contributed by atoms with Gasteiger partial charge in [0.05, 0.1) is 19.8 Å². The molecule has 1 unspecified atom stereocenters. The second-order valence-electron chi connectivity index (χ2n) is 5.88. The minimum atomic E-state index is -3.75. The van der Waals surface area contributed by atoms with Crippen LogP contribution in [0.2, 0.25) is 0 Å². The lowest BCUT2D eigenvalue weighted by Gasteiger charge is -2.22. The van der Waals surface area contributed by atoms with Crippen LogP contribution in [-0.4, -0.2) is 52.5 Å². The van der Waals surface area contributed by atoms with E-state index in [1.54, 1.807) is 0 Å². The van der Waals surface area contributed by atoms with Gasteiger partial charge in [-0.05, 0) is 30.5 Å². The SMILES string of the molecule is COC(=O)c1ccc(S(=O)(=O)N(C)CCC(N)C(C)C)c(OC)c1.Cl. The van der Waals surface area contributed by atoms with E-state index in [0.717, 1.165) is 0 Å². The summed E-state index contributed by atoms with van der Waals surface area (Å²) in [6.45, 7) is 4.28. The summed E-state index contributed by atoms with van der Waals surface area (Å²) in [6, 6.07) is 4.02. The van der Waals surface area contributed by atoms with Gasteiger partial charge in [0.15, 0.2) is 0 Å². The number of hydrogen-bond donors (Lipinski definition) is 1. The molecule has 0 aromatic heterocycles. The predicted molar refractivity (Wildman–Crippen MR) is 98.8 cm³/mol. The van der Waals surface area contributed by atoms with Crippen molar-refractivity contribution >= 4 is 28.4 Å². The van der Waals surface area contributed by atoms with Gasteiger partial charge < -0.3 is 15.2 Å². The van der Waals surface area contributed by atoms with Gasteiger partial charge in [-0.1, -0.05) is 13.8 Å². The van der Waals surface area contributed by atoms with Gasteiger partial charge in [-0.15, -0.1) is 12.4 Å². The highest BCUT2D eigenvalue weighted by atomic mass is 35.5. The molecule has 0 aliphatic heterocycles. The maximum atomic E-state index is 12.7. The summed E-state index contributed by atoms with van der Waals surface area (Å²) in [4.78, 5) is 11.6. The number of nitrogens with zero attached hydrogens (tertiary/aromatic N) is 1. The van der Waals surface area contributed by atoms with Gasteiger partial charge in [-0.3, -0.25) is 0 Å². The lowest BCUT2D eigenvalue weighted by atomic mass is 10.0. The lowest BCUT2D eigenvalue weighted by molar-refractivity contribution is 0.0600. The van der Waals surface area contributed by atoms with E-state index >= 15 is 0 Å². The van der Waals surface area contributed by atoms with E-state index < -0.39 is 16.0 Å². The quantitative estimate of drug-likeness (QED) is 0.676. The number of methoxy groups -OCH3 is 2. The topological polar surface area (TPSA) is 98.9 Å². The van der Waals surface area contributed by atoms with E-state index in [2.05, 4.69) is 4.74 Å². The van der Waals surface area contributed by atoms with E-state index in [4.69, 9.17) is 10.5 Å². The van der Waals surface area contributed by atoms with Crippen LogP contribution in [0.3, 0.4) is 0 Å². The van der Waals surface area contributed by atoms with Crippen molar-refractivity contribution in [3.63, 3.8) is 0 Å². The summed E-state index contributed by atoms with van der Waals surface area (Å²) >= 11 is 0. The highest BCUT2D eigenvalue weighted by molar-refractivity contribution is 7.89. The van der Waals surface area contributed by atoms with E-state index in [1.807, 2.05) is 13.8 Å². The number of rotatable bonds is 8. The van der Waals surface area contributed by atoms with Crippen molar-refractivity contribution in [2.45, 2.75) is 31.2 Å². The third kappa shape index (κ3) is 5.85. The fourth-order valence-electron chi connectivity index (χ4n) is 2.08. The van der Waals surface area contributed by atoms with Crippen LogP contribution in [0.15, 0.2) is 23.1 Å². The highest BCUT2D eigenvalue weighted by Gasteiger charge is 2.26. The minimum Gasteiger partial charge on any atom is -0.495 e. The fourth-order valence-corrected chi connectivity index (χ4v) is 3.40. The average Bonchev–Trinajstić information content (AvgIpc) is 2.57. The standard InChI is InChI=1S/C16H26N2O5S.ClH/c1-11(2)13(17)8-9-18(3)24(20,21)15-7-6-12(16(19)23-5)10-14(15)22-4;/h6-7,10-11,13H,8-9,17H2,1-5H3;1H. The fraction of sp³-hybridized carbons (Fsp3) is 0.562. The van der Waals surface area contributed by atoms with Gasteiger partial charge in [-0.25, -0.2) is 17.5 Å². The van der Waals surface area contributed by atoms with Crippen molar-refractivity contribution in [1.82, 2.24) is 4.31 Å². The normalized spacial score (nSPS) is 12.6. The summed E-state index contributed by atoms with van der Waals surface area (Å²) in [5.41, 5.74) is 6.19. The molecule has 144 valence electrons. The summed E-state index contributed by atoms with van der Waals surface area (Å²) in [7, 11) is 0.351. The van der Waals surface area contributed by atoms with Crippen LogP contribution in [0, 0.1) is 5.92 Å². The summed E-state index contributed by atoms with van der Waals surface area (Å²) < 4.78 is 36.5. The molecule has 0 heterocycles. The Hall–Kier alpha value is -1.35. The zero-order valence-corrected chi connectivity index (χ0v) is 16.8. The van der Waals surface area contributed by atoms with Gasteiger partial charge in [0, 0.05) is 19.6 Å². The molecule has 0 saturated carbocycles. The average molecular weight is 395 g/mol. The minimum absolute atomic E-state index is 0. The van der Waals surface area contributed by atoms with Gasteiger partial charge >= 0.3 is 5.97 Å². The molecule has 0 aliphatic carbocycles. The van der Waals surface area contributed by atoms with Crippen molar-refractivity contribution in [1.29, 1.82) is 0 Å².